The number of ketones is 1. The summed E-state index contributed by atoms with van der Waals surface area (Å²) >= 11 is 0. The zero-order chi connectivity index (χ0) is 29.3. The molecule has 0 bridgehead atoms. The van der Waals surface area contributed by atoms with Crippen molar-refractivity contribution < 1.29 is 21.8 Å². The van der Waals surface area contributed by atoms with Crippen LogP contribution in [0.25, 0.3) is 16.7 Å². The van der Waals surface area contributed by atoms with Crippen molar-refractivity contribution in [2.45, 2.75) is 31.8 Å². The van der Waals surface area contributed by atoms with Crippen molar-refractivity contribution in [1.29, 1.82) is 0 Å². The summed E-state index contributed by atoms with van der Waals surface area (Å²) in [5.74, 6) is 0.205. The SMILES string of the molecule is NS(=O)(=O)OCC1CC[C@H](Nc2ncncc2C(=O)c2cn(Cc3ccc(-n4cccn4)nc3)c3ccc(F)cc23)C1. The molecule has 1 saturated carbocycles. The van der Waals surface area contributed by atoms with Gasteiger partial charge in [0.05, 0.1) is 12.2 Å². The summed E-state index contributed by atoms with van der Waals surface area (Å²) in [6.07, 6.45) is 11.8. The van der Waals surface area contributed by atoms with Gasteiger partial charge in [0.15, 0.2) is 11.6 Å². The van der Waals surface area contributed by atoms with Crippen LogP contribution in [-0.4, -0.2) is 56.1 Å². The number of hydrogen-bond acceptors (Lipinski definition) is 9. The molecular weight excluding hydrogens is 563 g/mol. The van der Waals surface area contributed by atoms with Gasteiger partial charge in [0.1, 0.15) is 18.0 Å². The lowest BCUT2D eigenvalue weighted by atomic mass is 10.0. The highest BCUT2D eigenvalue weighted by Gasteiger charge is 2.28. The van der Waals surface area contributed by atoms with Crippen molar-refractivity contribution in [3.63, 3.8) is 0 Å². The van der Waals surface area contributed by atoms with Crippen molar-refractivity contribution in [3.05, 3.63) is 96.2 Å². The second-order valence-electron chi connectivity index (χ2n) is 10.2. The van der Waals surface area contributed by atoms with Crippen LogP contribution in [0.3, 0.4) is 0 Å². The van der Waals surface area contributed by atoms with Gasteiger partial charge in [-0.15, -0.1) is 0 Å². The van der Waals surface area contributed by atoms with Crippen LogP contribution in [0.2, 0.25) is 0 Å². The van der Waals surface area contributed by atoms with Crippen molar-refractivity contribution in [2.75, 3.05) is 11.9 Å². The molecule has 6 rings (SSSR count). The van der Waals surface area contributed by atoms with E-state index in [1.54, 1.807) is 35.5 Å². The first-order valence-electron chi connectivity index (χ1n) is 13.3. The molecule has 1 aliphatic carbocycles. The maximum absolute atomic E-state index is 14.4. The predicted octanol–water partition coefficient (Wildman–Crippen LogP) is 3.23. The number of carbonyl (C=O) groups is 1. The molecule has 12 nitrogen and oxygen atoms in total. The van der Waals surface area contributed by atoms with Gasteiger partial charge in [-0.1, -0.05) is 6.07 Å². The fraction of sp³-hybridized carbons (Fsp3) is 0.250. The summed E-state index contributed by atoms with van der Waals surface area (Å²) in [4.78, 5) is 26.8. The van der Waals surface area contributed by atoms with E-state index < -0.39 is 16.1 Å². The molecule has 14 heteroatoms. The third-order valence-corrected chi connectivity index (χ3v) is 7.76. The molecule has 42 heavy (non-hydrogen) atoms. The Balaban J connectivity index is 1.25. The smallest absolute Gasteiger partial charge is 0.333 e. The van der Waals surface area contributed by atoms with Crippen LogP contribution in [-0.2, 0) is 21.0 Å². The Kier molecular flexibility index (Phi) is 7.49. The highest BCUT2D eigenvalue weighted by atomic mass is 32.2. The molecule has 0 aliphatic heterocycles. The first-order chi connectivity index (χ1) is 20.2. The van der Waals surface area contributed by atoms with E-state index in [4.69, 9.17) is 9.32 Å². The van der Waals surface area contributed by atoms with Crippen LogP contribution >= 0.6 is 0 Å². The van der Waals surface area contributed by atoms with Gasteiger partial charge in [-0.2, -0.15) is 13.5 Å². The highest BCUT2D eigenvalue weighted by molar-refractivity contribution is 7.84. The number of nitrogens with two attached hydrogens (primary N) is 1. The van der Waals surface area contributed by atoms with Crippen molar-refractivity contribution >= 4 is 32.8 Å². The van der Waals surface area contributed by atoms with Gasteiger partial charge in [-0.05, 0) is 61.1 Å². The molecule has 1 aliphatic rings. The van der Waals surface area contributed by atoms with Crippen LogP contribution in [0.1, 0.15) is 40.7 Å². The van der Waals surface area contributed by atoms with Crippen LogP contribution in [0.4, 0.5) is 10.2 Å². The second-order valence-corrected chi connectivity index (χ2v) is 11.4. The monoisotopic (exact) mass is 590 g/mol. The van der Waals surface area contributed by atoms with Gasteiger partial charge in [-0.3, -0.25) is 8.98 Å². The molecule has 1 unspecified atom stereocenters. The molecule has 216 valence electrons. The van der Waals surface area contributed by atoms with E-state index in [-0.39, 0.29) is 29.9 Å². The molecule has 1 fully saturated rings. The van der Waals surface area contributed by atoms with Gasteiger partial charge < -0.3 is 9.88 Å². The number of nitrogens with zero attached hydrogens (tertiary/aromatic N) is 6. The Morgan fingerprint density at radius 1 is 1.14 bits per heavy atom. The lowest BCUT2D eigenvalue weighted by Gasteiger charge is -2.16. The zero-order valence-corrected chi connectivity index (χ0v) is 23.1. The van der Waals surface area contributed by atoms with Crippen molar-refractivity contribution in [3.8, 4) is 5.82 Å². The quantitative estimate of drug-likeness (QED) is 0.233. The second kappa shape index (κ2) is 11.4. The number of nitrogens with one attached hydrogen (secondary N) is 1. The van der Waals surface area contributed by atoms with Gasteiger partial charge in [0.25, 0.3) is 0 Å². The van der Waals surface area contributed by atoms with Gasteiger partial charge in [0.2, 0.25) is 0 Å². The predicted molar refractivity (Wildman–Crippen MR) is 152 cm³/mol. The average molecular weight is 591 g/mol. The summed E-state index contributed by atoms with van der Waals surface area (Å²) in [5, 5.41) is 12.9. The Hall–Kier alpha value is -4.53. The average Bonchev–Trinajstić information content (AvgIpc) is 3.73. The number of aromatic nitrogens is 6. The fourth-order valence-corrected chi connectivity index (χ4v) is 5.71. The number of fused-ring (bicyclic) bond motifs is 1. The maximum atomic E-state index is 14.4. The summed E-state index contributed by atoms with van der Waals surface area (Å²) < 4.78 is 45.0. The minimum absolute atomic E-state index is 0.000861. The summed E-state index contributed by atoms with van der Waals surface area (Å²) in [6.45, 7) is 0.404. The zero-order valence-electron chi connectivity index (χ0n) is 22.3. The molecular formula is C28H27FN8O4S. The molecule has 4 heterocycles. The molecule has 0 radical (unpaired) electrons. The minimum Gasteiger partial charge on any atom is -0.367 e. The molecule has 1 aromatic carbocycles. The van der Waals surface area contributed by atoms with E-state index in [2.05, 4.69) is 25.4 Å². The lowest BCUT2D eigenvalue weighted by Crippen LogP contribution is -2.22. The van der Waals surface area contributed by atoms with E-state index in [0.29, 0.717) is 41.1 Å². The Morgan fingerprint density at radius 3 is 2.79 bits per heavy atom. The molecule has 0 spiro atoms. The fourth-order valence-electron chi connectivity index (χ4n) is 5.33. The van der Waals surface area contributed by atoms with E-state index in [1.165, 1.54) is 24.7 Å². The van der Waals surface area contributed by atoms with Gasteiger partial charge in [-0.25, -0.2) is 29.2 Å². The lowest BCUT2D eigenvalue weighted by molar-refractivity contribution is 0.104. The topological polar surface area (TPSA) is 160 Å². The third kappa shape index (κ3) is 6.05. The number of anilines is 1. The van der Waals surface area contributed by atoms with E-state index in [1.807, 2.05) is 22.8 Å². The van der Waals surface area contributed by atoms with Crippen LogP contribution in [0.5, 0.6) is 0 Å². The van der Waals surface area contributed by atoms with E-state index in [0.717, 1.165) is 18.4 Å². The third-order valence-electron chi connectivity index (χ3n) is 7.30. The Morgan fingerprint density at radius 2 is 2.02 bits per heavy atom. The van der Waals surface area contributed by atoms with Crippen LogP contribution in [0.15, 0.2) is 73.7 Å². The maximum Gasteiger partial charge on any atom is 0.333 e. The highest BCUT2D eigenvalue weighted by Crippen LogP contribution is 2.31. The molecule has 5 aromatic rings. The largest absolute Gasteiger partial charge is 0.367 e. The summed E-state index contributed by atoms with van der Waals surface area (Å²) in [6, 6.07) is 9.90. The van der Waals surface area contributed by atoms with E-state index >= 15 is 0 Å². The number of hydrogen-bond donors (Lipinski definition) is 2. The molecule has 0 amide bonds. The Bertz CT molecular complexity index is 1840. The van der Waals surface area contributed by atoms with Crippen LogP contribution in [0, 0.1) is 11.7 Å². The molecule has 0 saturated heterocycles. The number of pyridine rings is 1. The summed E-state index contributed by atoms with van der Waals surface area (Å²) in [5.41, 5.74) is 2.14. The van der Waals surface area contributed by atoms with E-state index in [9.17, 15) is 17.6 Å². The van der Waals surface area contributed by atoms with Gasteiger partial charge in [0, 0.05) is 60.0 Å². The number of halogens is 1. The first-order valence-corrected chi connectivity index (χ1v) is 14.7. The standard InChI is InChI=1S/C28H27FN8O4S/c29-20-4-6-25-22(11-20)24(15-36(25)14-19-3-7-26(32-12-19)37-9-1-8-34-37)27(38)23-13-31-17-33-28(23)35-21-5-2-18(10-21)16-41-42(30,39)40/h1,3-4,6-9,11-13,15,17-18,21H,2,5,10,14,16H2,(H2,30,39,40)(H,31,33,35)/t18?,21-/m0/s1. The van der Waals surface area contributed by atoms with Gasteiger partial charge >= 0.3 is 10.3 Å². The molecule has 3 N–H and O–H groups in total. The number of benzene rings is 1. The normalized spacial score (nSPS) is 17.1. The van der Waals surface area contributed by atoms with Crippen LogP contribution < -0.4 is 10.5 Å². The molecule has 2 atom stereocenters. The summed E-state index contributed by atoms with van der Waals surface area (Å²) in [7, 11) is -4.01. The van der Waals surface area contributed by atoms with Crippen molar-refractivity contribution in [1.82, 2.24) is 29.3 Å². The van der Waals surface area contributed by atoms with Crippen molar-refractivity contribution in [2.24, 2.45) is 11.1 Å². The molecule has 4 aromatic heterocycles. The Labute approximate surface area is 240 Å². The number of carbonyl (C=O) groups excluding carboxylic acids is 1. The first kappa shape index (κ1) is 27.6. The minimum atomic E-state index is -4.01. The number of rotatable bonds is 10.